The van der Waals surface area contributed by atoms with Crippen LogP contribution in [-0.2, 0) is 0 Å². The SMILES string of the molecule is CC1(C)CCCC(N2CCN3CCCC3C2)C1O. The van der Waals surface area contributed by atoms with Crippen molar-refractivity contribution < 1.29 is 5.11 Å². The minimum atomic E-state index is -0.140. The van der Waals surface area contributed by atoms with Gasteiger partial charge in [0, 0.05) is 31.7 Å². The summed E-state index contributed by atoms with van der Waals surface area (Å²) in [6, 6.07) is 1.19. The molecule has 3 fully saturated rings. The summed E-state index contributed by atoms with van der Waals surface area (Å²) < 4.78 is 0. The first-order chi connectivity index (χ1) is 8.58. The molecule has 2 aliphatic heterocycles. The molecular weight excluding hydrogens is 224 g/mol. The molecule has 2 saturated heterocycles. The molecule has 104 valence electrons. The summed E-state index contributed by atoms with van der Waals surface area (Å²) in [5, 5.41) is 10.6. The first-order valence-corrected chi connectivity index (χ1v) is 7.74. The van der Waals surface area contributed by atoms with Gasteiger partial charge >= 0.3 is 0 Å². The maximum absolute atomic E-state index is 10.6. The molecule has 0 aromatic heterocycles. The van der Waals surface area contributed by atoms with Crippen LogP contribution in [-0.4, -0.2) is 59.3 Å². The number of fused-ring (bicyclic) bond motifs is 1. The van der Waals surface area contributed by atoms with E-state index in [9.17, 15) is 5.11 Å². The number of nitrogens with zero attached hydrogens (tertiary/aromatic N) is 2. The van der Waals surface area contributed by atoms with Crippen molar-refractivity contribution in [3.05, 3.63) is 0 Å². The second kappa shape index (κ2) is 4.77. The summed E-state index contributed by atoms with van der Waals surface area (Å²) in [7, 11) is 0. The Morgan fingerprint density at radius 3 is 2.61 bits per heavy atom. The fraction of sp³-hybridized carbons (Fsp3) is 1.00. The van der Waals surface area contributed by atoms with Crippen LogP contribution in [0.1, 0.15) is 46.0 Å². The van der Waals surface area contributed by atoms with Crippen LogP contribution in [0.5, 0.6) is 0 Å². The van der Waals surface area contributed by atoms with E-state index in [0.717, 1.165) is 12.6 Å². The smallest absolute Gasteiger partial charge is 0.0746 e. The Kier molecular flexibility index (Phi) is 3.41. The molecule has 3 unspecified atom stereocenters. The molecule has 0 radical (unpaired) electrons. The van der Waals surface area contributed by atoms with E-state index in [1.807, 2.05) is 0 Å². The lowest BCUT2D eigenvalue weighted by Crippen LogP contribution is -2.59. The lowest BCUT2D eigenvalue weighted by molar-refractivity contribution is -0.0723. The molecule has 3 nitrogen and oxygen atoms in total. The summed E-state index contributed by atoms with van der Waals surface area (Å²) in [5.41, 5.74) is 0.107. The van der Waals surface area contributed by atoms with Crippen LogP contribution in [0.15, 0.2) is 0 Å². The summed E-state index contributed by atoms with van der Waals surface area (Å²) in [6.07, 6.45) is 6.24. The summed E-state index contributed by atoms with van der Waals surface area (Å²) >= 11 is 0. The maximum atomic E-state index is 10.6. The molecule has 18 heavy (non-hydrogen) atoms. The molecule has 3 heteroatoms. The van der Waals surface area contributed by atoms with Gasteiger partial charge in [0.15, 0.2) is 0 Å². The minimum Gasteiger partial charge on any atom is -0.391 e. The molecule has 1 aliphatic carbocycles. The topological polar surface area (TPSA) is 26.7 Å². The van der Waals surface area contributed by atoms with Crippen molar-refractivity contribution in [3.8, 4) is 0 Å². The average Bonchev–Trinajstić information content (AvgIpc) is 2.79. The molecule has 0 amide bonds. The van der Waals surface area contributed by atoms with Crippen LogP contribution in [0.2, 0.25) is 0 Å². The highest BCUT2D eigenvalue weighted by molar-refractivity contribution is 4.97. The van der Waals surface area contributed by atoms with Crippen LogP contribution in [0, 0.1) is 5.41 Å². The first kappa shape index (κ1) is 12.9. The van der Waals surface area contributed by atoms with Crippen molar-refractivity contribution in [1.29, 1.82) is 0 Å². The van der Waals surface area contributed by atoms with E-state index < -0.39 is 0 Å². The zero-order chi connectivity index (χ0) is 12.8. The van der Waals surface area contributed by atoms with E-state index in [1.54, 1.807) is 0 Å². The van der Waals surface area contributed by atoms with Gasteiger partial charge < -0.3 is 5.11 Å². The van der Waals surface area contributed by atoms with Crippen molar-refractivity contribution >= 4 is 0 Å². The molecule has 3 atom stereocenters. The normalized spacial score (nSPS) is 41.8. The Morgan fingerprint density at radius 2 is 1.78 bits per heavy atom. The molecule has 2 heterocycles. The fourth-order valence-electron chi connectivity index (χ4n) is 4.29. The summed E-state index contributed by atoms with van der Waals surface area (Å²) in [5.74, 6) is 0. The van der Waals surface area contributed by atoms with E-state index in [0.29, 0.717) is 6.04 Å². The van der Waals surface area contributed by atoms with Crippen LogP contribution < -0.4 is 0 Å². The predicted octanol–water partition coefficient (Wildman–Crippen LogP) is 1.71. The van der Waals surface area contributed by atoms with Gasteiger partial charge in [0.25, 0.3) is 0 Å². The largest absolute Gasteiger partial charge is 0.391 e. The summed E-state index contributed by atoms with van der Waals surface area (Å²) in [4.78, 5) is 5.24. The number of rotatable bonds is 1. The van der Waals surface area contributed by atoms with Gasteiger partial charge in [0.05, 0.1) is 6.10 Å². The molecule has 0 bridgehead atoms. The van der Waals surface area contributed by atoms with Gasteiger partial charge in [-0.1, -0.05) is 20.3 Å². The number of aliphatic hydroxyl groups is 1. The molecule has 0 aromatic carbocycles. The highest BCUT2D eigenvalue weighted by Gasteiger charge is 2.42. The molecule has 3 rings (SSSR count). The van der Waals surface area contributed by atoms with Crippen molar-refractivity contribution in [2.24, 2.45) is 5.41 Å². The van der Waals surface area contributed by atoms with Crippen molar-refractivity contribution in [2.45, 2.75) is 64.1 Å². The Bertz CT molecular complexity index is 305. The zero-order valence-corrected chi connectivity index (χ0v) is 11.9. The van der Waals surface area contributed by atoms with E-state index >= 15 is 0 Å². The van der Waals surface area contributed by atoms with Gasteiger partial charge in [-0.15, -0.1) is 0 Å². The maximum Gasteiger partial charge on any atom is 0.0746 e. The van der Waals surface area contributed by atoms with Crippen molar-refractivity contribution in [1.82, 2.24) is 9.80 Å². The average molecular weight is 252 g/mol. The predicted molar refractivity (Wildman–Crippen MR) is 73.6 cm³/mol. The standard InChI is InChI=1S/C15H28N2O/c1-15(2)7-3-6-13(14(15)18)17-10-9-16-8-4-5-12(16)11-17/h12-14,18H,3-11H2,1-2H3. The minimum absolute atomic E-state index is 0.107. The summed E-state index contributed by atoms with van der Waals surface area (Å²) in [6.45, 7) is 9.34. The second-order valence-electron chi connectivity index (χ2n) is 7.22. The molecular formula is C15H28N2O. The number of aliphatic hydroxyl groups excluding tert-OH is 1. The number of hydrogen-bond donors (Lipinski definition) is 1. The van der Waals surface area contributed by atoms with Crippen molar-refractivity contribution in [3.63, 3.8) is 0 Å². The second-order valence-corrected chi connectivity index (χ2v) is 7.22. The molecule has 1 saturated carbocycles. The third-order valence-corrected chi connectivity index (χ3v) is 5.57. The van der Waals surface area contributed by atoms with Crippen LogP contribution >= 0.6 is 0 Å². The number of hydrogen-bond acceptors (Lipinski definition) is 3. The van der Waals surface area contributed by atoms with Gasteiger partial charge in [-0.25, -0.2) is 0 Å². The van der Waals surface area contributed by atoms with E-state index in [-0.39, 0.29) is 11.5 Å². The van der Waals surface area contributed by atoms with Crippen molar-refractivity contribution in [2.75, 3.05) is 26.2 Å². The highest BCUT2D eigenvalue weighted by atomic mass is 16.3. The lowest BCUT2D eigenvalue weighted by atomic mass is 9.72. The Morgan fingerprint density at radius 1 is 1.00 bits per heavy atom. The molecule has 0 aromatic rings. The van der Waals surface area contributed by atoms with E-state index in [2.05, 4.69) is 23.6 Å². The Hall–Kier alpha value is -0.120. The van der Waals surface area contributed by atoms with E-state index in [1.165, 1.54) is 51.7 Å². The Balaban J connectivity index is 1.67. The third-order valence-electron chi connectivity index (χ3n) is 5.57. The third kappa shape index (κ3) is 2.21. The van der Waals surface area contributed by atoms with Gasteiger partial charge in [-0.2, -0.15) is 0 Å². The van der Waals surface area contributed by atoms with E-state index in [4.69, 9.17) is 0 Å². The molecule has 0 spiro atoms. The van der Waals surface area contributed by atoms with Gasteiger partial charge in [0.2, 0.25) is 0 Å². The monoisotopic (exact) mass is 252 g/mol. The van der Waals surface area contributed by atoms with Crippen LogP contribution in [0.4, 0.5) is 0 Å². The molecule has 3 aliphatic rings. The van der Waals surface area contributed by atoms with Gasteiger partial charge in [-0.05, 0) is 37.6 Å². The zero-order valence-electron chi connectivity index (χ0n) is 11.9. The highest BCUT2D eigenvalue weighted by Crippen LogP contribution is 2.38. The Labute approximate surface area is 111 Å². The van der Waals surface area contributed by atoms with Crippen LogP contribution in [0.3, 0.4) is 0 Å². The lowest BCUT2D eigenvalue weighted by Gasteiger charge is -2.49. The fourth-order valence-corrected chi connectivity index (χ4v) is 4.29. The number of piperazine rings is 1. The van der Waals surface area contributed by atoms with Crippen LogP contribution in [0.25, 0.3) is 0 Å². The van der Waals surface area contributed by atoms with Gasteiger partial charge in [-0.3, -0.25) is 9.80 Å². The first-order valence-electron chi connectivity index (χ1n) is 7.74. The van der Waals surface area contributed by atoms with Gasteiger partial charge in [0.1, 0.15) is 0 Å². The molecule has 1 N–H and O–H groups in total. The quantitative estimate of drug-likeness (QED) is 0.769.